The molecular weight excluding hydrogens is 360 g/mol. The number of hydrogen-bond donors (Lipinski definition) is 0. The van der Waals surface area contributed by atoms with Gasteiger partial charge in [-0.25, -0.2) is 8.78 Å². The maximum Gasteiger partial charge on any atom is 0.129 e. The third kappa shape index (κ3) is 5.70. The van der Waals surface area contributed by atoms with E-state index in [-0.39, 0.29) is 12.4 Å². The van der Waals surface area contributed by atoms with Crippen molar-refractivity contribution in [1.82, 2.24) is 4.90 Å². The van der Waals surface area contributed by atoms with Crippen LogP contribution in [-0.2, 0) is 6.42 Å². The van der Waals surface area contributed by atoms with Crippen molar-refractivity contribution >= 4 is 24.2 Å². The topological polar surface area (TPSA) is 3.24 Å². The minimum Gasteiger partial charge on any atom is -0.303 e. The number of likely N-dealkylation sites (tertiary alicyclic amines) is 1. The average molecular weight is 384 g/mol. The molecule has 1 nitrogen and oxygen atoms in total. The third-order valence-electron chi connectivity index (χ3n) is 4.63. The Morgan fingerprint density at radius 1 is 1.08 bits per heavy atom. The Bertz CT molecular complexity index is 687. The Kier molecular flexibility index (Phi) is 7.73. The summed E-state index contributed by atoms with van der Waals surface area (Å²) in [6.45, 7) is 5.09. The zero-order valence-electron chi connectivity index (χ0n) is 14.4. The Morgan fingerprint density at radius 3 is 2.48 bits per heavy atom. The fraction of sp³-hybridized carbons (Fsp3) is 0.400. The van der Waals surface area contributed by atoms with Crippen LogP contribution in [0, 0.1) is 18.6 Å². The molecule has 1 saturated heterocycles. The number of thioether (sulfide) groups is 1. The Hall–Kier alpha value is -1.10. The molecule has 136 valence electrons. The second-order valence-electron chi connectivity index (χ2n) is 6.41. The predicted molar refractivity (Wildman–Crippen MR) is 104 cm³/mol. The molecule has 1 fully saturated rings. The SMILES string of the molecule is Cc1ccccc1SC1CCN(CCc2ccc(F)cc2F)CC1.Cl. The lowest BCUT2D eigenvalue weighted by Crippen LogP contribution is -2.36. The zero-order chi connectivity index (χ0) is 16.9. The molecule has 1 aliphatic rings. The van der Waals surface area contributed by atoms with Crippen molar-refractivity contribution in [3.8, 4) is 0 Å². The van der Waals surface area contributed by atoms with E-state index in [1.165, 1.54) is 16.5 Å². The lowest BCUT2D eigenvalue weighted by molar-refractivity contribution is 0.235. The van der Waals surface area contributed by atoms with Crippen LogP contribution < -0.4 is 0 Å². The van der Waals surface area contributed by atoms with Gasteiger partial charge in [0.25, 0.3) is 0 Å². The molecule has 0 N–H and O–H groups in total. The van der Waals surface area contributed by atoms with Gasteiger partial charge in [0.05, 0.1) is 0 Å². The normalized spacial score (nSPS) is 15.8. The van der Waals surface area contributed by atoms with Crippen LogP contribution in [0.2, 0.25) is 0 Å². The maximum atomic E-state index is 13.7. The first-order valence-corrected chi connectivity index (χ1v) is 9.38. The largest absolute Gasteiger partial charge is 0.303 e. The van der Waals surface area contributed by atoms with Crippen molar-refractivity contribution in [2.24, 2.45) is 0 Å². The van der Waals surface area contributed by atoms with Gasteiger partial charge < -0.3 is 4.90 Å². The van der Waals surface area contributed by atoms with Gasteiger partial charge in [0.1, 0.15) is 11.6 Å². The van der Waals surface area contributed by atoms with Crippen molar-refractivity contribution in [1.29, 1.82) is 0 Å². The van der Waals surface area contributed by atoms with Gasteiger partial charge in [-0.15, -0.1) is 24.2 Å². The summed E-state index contributed by atoms with van der Waals surface area (Å²) in [5, 5.41) is 0.657. The van der Waals surface area contributed by atoms with Gasteiger partial charge in [0.2, 0.25) is 0 Å². The van der Waals surface area contributed by atoms with E-state index < -0.39 is 11.6 Å². The lowest BCUT2D eigenvalue weighted by Gasteiger charge is -2.31. The smallest absolute Gasteiger partial charge is 0.129 e. The molecule has 3 rings (SSSR count). The van der Waals surface area contributed by atoms with Crippen molar-refractivity contribution in [2.45, 2.75) is 36.3 Å². The molecule has 1 aliphatic heterocycles. The van der Waals surface area contributed by atoms with Crippen LogP contribution in [0.4, 0.5) is 8.78 Å². The predicted octanol–water partition coefficient (Wildman–Crippen LogP) is 5.49. The van der Waals surface area contributed by atoms with Crippen molar-refractivity contribution < 1.29 is 8.78 Å². The minimum absolute atomic E-state index is 0. The summed E-state index contributed by atoms with van der Waals surface area (Å²) in [6.07, 6.45) is 2.96. The Balaban J connectivity index is 0.00000225. The van der Waals surface area contributed by atoms with Gasteiger partial charge in [-0.3, -0.25) is 0 Å². The molecule has 2 aromatic carbocycles. The van der Waals surface area contributed by atoms with Crippen molar-refractivity contribution in [2.75, 3.05) is 19.6 Å². The molecule has 0 unspecified atom stereocenters. The van der Waals surface area contributed by atoms with Crippen molar-refractivity contribution in [3.05, 3.63) is 65.2 Å². The number of nitrogens with zero attached hydrogens (tertiary/aromatic N) is 1. The molecule has 0 atom stereocenters. The molecule has 1 heterocycles. The zero-order valence-corrected chi connectivity index (χ0v) is 16.0. The third-order valence-corrected chi connectivity index (χ3v) is 6.15. The highest BCUT2D eigenvalue weighted by atomic mass is 35.5. The Labute approximate surface area is 159 Å². The van der Waals surface area contributed by atoms with E-state index in [9.17, 15) is 8.78 Å². The standard InChI is InChI=1S/C20H23F2NS.ClH/c1-15-4-2-3-5-20(15)24-18-9-12-23(13-10-18)11-8-16-6-7-17(21)14-19(16)22;/h2-7,14,18H,8-13H2,1H3;1H. The molecule has 0 spiro atoms. The number of halogens is 3. The molecule has 5 heteroatoms. The van der Waals surface area contributed by atoms with Gasteiger partial charge in [0, 0.05) is 22.8 Å². The molecule has 0 aliphatic carbocycles. The van der Waals surface area contributed by atoms with E-state index in [0.29, 0.717) is 17.2 Å². The highest BCUT2D eigenvalue weighted by Crippen LogP contribution is 2.32. The first-order valence-electron chi connectivity index (χ1n) is 8.50. The van der Waals surface area contributed by atoms with Gasteiger partial charge in [-0.05, 0) is 62.5 Å². The quantitative estimate of drug-likeness (QED) is 0.671. The van der Waals surface area contributed by atoms with E-state index in [0.717, 1.165) is 38.5 Å². The summed E-state index contributed by atoms with van der Waals surface area (Å²) in [7, 11) is 0. The number of aryl methyl sites for hydroxylation is 1. The summed E-state index contributed by atoms with van der Waals surface area (Å²) in [5.74, 6) is -0.940. The summed E-state index contributed by atoms with van der Waals surface area (Å²) >= 11 is 1.98. The minimum atomic E-state index is -0.509. The summed E-state index contributed by atoms with van der Waals surface area (Å²) in [4.78, 5) is 3.77. The van der Waals surface area contributed by atoms with E-state index >= 15 is 0 Å². The molecule has 0 bridgehead atoms. The fourth-order valence-electron chi connectivity index (χ4n) is 3.12. The van der Waals surface area contributed by atoms with E-state index in [4.69, 9.17) is 0 Å². The molecule has 0 aromatic heterocycles. The molecule has 25 heavy (non-hydrogen) atoms. The molecule has 0 radical (unpaired) electrons. The monoisotopic (exact) mass is 383 g/mol. The summed E-state index contributed by atoms with van der Waals surface area (Å²) in [6, 6.07) is 12.4. The number of hydrogen-bond acceptors (Lipinski definition) is 2. The van der Waals surface area contributed by atoms with Crippen LogP contribution in [0.15, 0.2) is 47.4 Å². The van der Waals surface area contributed by atoms with Gasteiger partial charge >= 0.3 is 0 Å². The number of piperidine rings is 1. The molecule has 0 amide bonds. The summed E-state index contributed by atoms with van der Waals surface area (Å²) < 4.78 is 26.6. The van der Waals surface area contributed by atoms with E-state index in [1.807, 2.05) is 11.8 Å². The van der Waals surface area contributed by atoms with Crippen LogP contribution in [0.5, 0.6) is 0 Å². The van der Waals surface area contributed by atoms with Gasteiger partial charge in [-0.1, -0.05) is 24.3 Å². The number of benzene rings is 2. The molecular formula is C20H24ClF2NS. The average Bonchev–Trinajstić information content (AvgIpc) is 2.57. The molecule has 0 saturated carbocycles. The first kappa shape index (κ1) is 20.2. The van der Waals surface area contributed by atoms with Crippen LogP contribution in [0.3, 0.4) is 0 Å². The number of rotatable bonds is 5. The second kappa shape index (κ2) is 9.56. The first-order chi connectivity index (χ1) is 11.6. The van der Waals surface area contributed by atoms with Crippen LogP contribution in [0.25, 0.3) is 0 Å². The van der Waals surface area contributed by atoms with Gasteiger partial charge in [-0.2, -0.15) is 0 Å². The lowest BCUT2D eigenvalue weighted by atomic mass is 10.1. The van der Waals surface area contributed by atoms with E-state index in [1.54, 1.807) is 6.07 Å². The summed E-state index contributed by atoms with van der Waals surface area (Å²) in [5.41, 5.74) is 1.95. The van der Waals surface area contributed by atoms with Crippen molar-refractivity contribution in [3.63, 3.8) is 0 Å². The highest BCUT2D eigenvalue weighted by Gasteiger charge is 2.20. The van der Waals surface area contributed by atoms with Crippen LogP contribution >= 0.6 is 24.2 Å². The Morgan fingerprint density at radius 2 is 1.80 bits per heavy atom. The van der Waals surface area contributed by atoms with Gasteiger partial charge in [0.15, 0.2) is 0 Å². The van der Waals surface area contributed by atoms with Crippen LogP contribution in [0.1, 0.15) is 24.0 Å². The molecule has 2 aromatic rings. The van der Waals surface area contributed by atoms with Crippen LogP contribution in [-0.4, -0.2) is 29.8 Å². The highest BCUT2D eigenvalue weighted by molar-refractivity contribution is 8.00. The maximum absolute atomic E-state index is 13.7. The fourth-order valence-corrected chi connectivity index (χ4v) is 4.34. The second-order valence-corrected chi connectivity index (χ2v) is 7.75. The van der Waals surface area contributed by atoms with E-state index in [2.05, 4.69) is 36.1 Å².